The van der Waals surface area contributed by atoms with Crippen molar-refractivity contribution in [2.24, 2.45) is 0 Å². The Morgan fingerprint density at radius 1 is 1.15 bits per heavy atom. The SMILES string of the molecule is Cc1ccn2cc(CNC(=O)c3cc(C4CC4)nc4c3c(C)nn4-c3ccccn3)nc2c1. The molecule has 164 valence electrons. The third kappa shape index (κ3) is 3.53. The molecule has 0 spiro atoms. The van der Waals surface area contributed by atoms with Crippen molar-refractivity contribution in [1.29, 1.82) is 0 Å². The summed E-state index contributed by atoms with van der Waals surface area (Å²) in [5, 5.41) is 8.48. The van der Waals surface area contributed by atoms with E-state index in [1.54, 1.807) is 10.9 Å². The Bertz CT molecular complexity index is 1510. The van der Waals surface area contributed by atoms with E-state index in [9.17, 15) is 4.79 Å². The summed E-state index contributed by atoms with van der Waals surface area (Å²) in [5.74, 6) is 0.929. The number of aromatic nitrogens is 6. The quantitative estimate of drug-likeness (QED) is 0.451. The smallest absolute Gasteiger partial charge is 0.252 e. The molecule has 0 saturated heterocycles. The highest BCUT2D eigenvalue weighted by molar-refractivity contribution is 6.06. The maximum Gasteiger partial charge on any atom is 0.252 e. The summed E-state index contributed by atoms with van der Waals surface area (Å²) in [6.07, 6.45) is 7.84. The van der Waals surface area contributed by atoms with Crippen molar-refractivity contribution in [1.82, 2.24) is 34.4 Å². The first-order chi connectivity index (χ1) is 16.1. The molecule has 0 radical (unpaired) electrons. The summed E-state index contributed by atoms with van der Waals surface area (Å²) in [5.41, 5.74) is 5.78. The lowest BCUT2D eigenvalue weighted by Gasteiger charge is -2.09. The van der Waals surface area contributed by atoms with Gasteiger partial charge in [0.2, 0.25) is 0 Å². The zero-order chi connectivity index (χ0) is 22.5. The molecule has 0 unspecified atom stereocenters. The Morgan fingerprint density at radius 2 is 2.03 bits per heavy atom. The fraction of sp³-hybridized carbons (Fsp3) is 0.240. The minimum atomic E-state index is -0.152. The van der Waals surface area contributed by atoms with E-state index in [2.05, 4.69) is 20.4 Å². The van der Waals surface area contributed by atoms with Crippen LogP contribution in [0.4, 0.5) is 0 Å². The van der Waals surface area contributed by atoms with Crippen molar-refractivity contribution < 1.29 is 4.79 Å². The Labute approximate surface area is 190 Å². The van der Waals surface area contributed by atoms with Gasteiger partial charge in [-0.05, 0) is 62.6 Å². The number of hydrogen-bond donors (Lipinski definition) is 1. The summed E-state index contributed by atoms with van der Waals surface area (Å²) < 4.78 is 3.70. The predicted molar refractivity (Wildman–Crippen MR) is 124 cm³/mol. The van der Waals surface area contributed by atoms with E-state index in [1.165, 1.54) is 0 Å². The highest BCUT2D eigenvalue weighted by atomic mass is 16.1. The average molecular weight is 438 g/mol. The Balaban J connectivity index is 1.37. The lowest BCUT2D eigenvalue weighted by molar-refractivity contribution is 0.0952. The van der Waals surface area contributed by atoms with Crippen LogP contribution in [0.2, 0.25) is 0 Å². The number of imidazole rings is 1. The van der Waals surface area contributed by atoms with Gasteiger partial charge in [-0.25, -0.2) is 15.0 Å². The van der Waals surface area contributed by atoms with Gasteiger partial charge in [-0.2, -0.15) is 9.78 Å². The van der Waals surface area contributed by atoms with Gasteiger partial charge in [0.25, 0.3) is 5.91 Å². The number of nitrogens with one attached hydrogen (secondary N) is 1. The van der Waals surface area contributed by atoms with Crippen LogP contribution in [0, 0.1) is 13.8 Å². The number of carbonyl (C=O) groups excluding carboxylic acids is 1. The lowest BCUT2D eigenvalue weighted by Crippen LogP contribution is -2.23. The predicted octanol–water partition coefficient (Wildman–Crippen LogP) is 3.89. The van der Waals surface area contributed by atoms with Crippen LogP contribution in [0.15, 0.2) is 55.0 Å². The molecule has 5 aromatic heterocycles. The van der Waals surface area contributed by atoms with E-state index < -0.39 is 0 Å². The van der Waals surface area contributed by atoms with Crippen LogP contribution in [0.5, 0.6) is 0 Å². The monoisotopic (exact) mass is 437 g/mol. The lowest BCUT2D eigenvalue weighted by atomic mass is 10.1. The van der Waals surface area contributed by atoms with Gasteiger partial charge in [-0.3, -0.25) is 4.79 Å². The number of nitrogens with zero attached hydrogens (tertiary/aromatic N) is 6. The summed E-state index contributed by atoms with van der Waals surface area (Å²) in [4.78, 5) is 27.3. The zero-order valence-corrected chi connectivity index (χ0v) is 18.5. The van der Waals surface area contributed by atoms with E-state index >= 15 is 0 Å². The maximum atomic E-state index is 13.4. The van der Waals surface area contributed by atoms with Crippen LogP contribution < -0.4 is 5.32 Å². The molecular weight excluding hydrogens is 414 g/mol. The molecule has 0 aliphatic heterocycles. The van der Waals surface area contributed by atoms with Gasteiger partial charge >= 0.3 is 0 Å². The van der Waals surface area contributed by atoms with Crippen molar-refractivity contribution in [3.05, 3.63) is 83.2 Å². The topological polar surface area (TPSA) is 90.0 Å². The number of carbonyl (C=O) groups is 1. The molecule has 1 amide bonds. The van der Waals surface area contributed by atoms with E-state index in [4.69, 9.17) is 4.98 Å². The highest BCUT2D eigenvalue weighted by Gasteiger charge is 2.29. The van der Waals surface area contributed by atoms with Crippen LogP contribution in [0.1, 0.15) is 51.8 Å². The minimum absolute atomic E-state index is 0.152. The van der Waals surface area contributed by atoms with Crippen LogP contribution in [-0.4, -0.2) is 35.0 Å². The molecule has 8 heteroatoms. The van der Waals surface area contributed by atoms with E-state index in [0.29, 0.717) is 29.5 Å². The third-order valence-corrected chi connectivity index (χ3v) is 6.03. The molecular formula is C25H23N7O. The van der Waals surface area contributed by atoms with Gasteiger partial charge in [0, 0.05) is 30.2 Å². The molecule has 0 atom stereocenters. The summed E-state index contributed by atoms with van der Waals surface area (Å²) in [6, 6.07) is 11.7. The first-order valence-corrected chi connectivity index (χ1v) is 11.1. The fourth-order valence-corrected chi connectivity index (χ4v) is 4.20. The zero-order valence-electron chi connectivity index (χ0n) is 18.5. The van der Waals surface area contributed by atoms with E-state index in [1.807, 2.05) is 67.0 Å². The van der Waals surface area contributed by atoms with Gasteiger partial charge in [-0.15, -0.1) is 0 Å². The van der Waals surface area contributed by atoms with Crippen LogP contribution >= 0.6 is 0 Å². The van der Waals surface area contributed by atoms with Crippen LogP contribution in [0.3, 0.4) is 0 Å². The Kier molecular flexibility index (Phi) is 4.46. The van der Waals surface area contributed by atoms with E-state index in [0.717, 1.165) is 46.5 Å². The summed E-state index contributed by atoms with van der Waals surface area (Å²) in [7, 11) is 0. The van der Waals surface area contributed by atoms with Crippen LogP contribution in [-0.2, 0) is 6.54 Å². The van der Waals surface area contributed by atoms with Crippen molar-refractivity contribution in [2.75, 3.05) is 0 Å². The Hall–Kier alpha value is -4.07. The molecule has 1 fully saturated rings. The number of hydrogen-bond acceptors (Lipinski definition) is 5. The second-order valence-corrected chi connectivity index (χ2v) is 8.64. The van der Waals surface area contributed by atoms with Gasteiger partial charge in [-0.1, -0.05) is 6.07 Å². The number of amides is 1. The summed E-state index contributed by atoms with van der Waals surface area (Å²) >= 11 is 0. The van der Waals surface area contributed by atoms with Gasteiger partial charge in [0.05, 0.1) is 28.9 Å². The second kappa shape index (κ2) is 7.51. The third-order valence-electron chi connectivity index (χ3n) is 6.03. The van der Waals surface area contributed by atoms with Crippen molar-refractivity contribution >= 4 is 22.6 Å². The maximum absolute atomic E-state index is 13.4. The van der Waals surface area contributed by atoms with Crippen molar-refractivity contribution in [3.8, 4) is 5.82 Å². The standard InChI is InChI=1S/C25H23N7O/c1-15-8-10-31-14-18(28-22(31)11-15)13-27-25(33)19-12-20(17-6-7-17)29-24-23(19)16(2)30-32(24)21-5-3-4-9-26-21/h3-5,8-12,14,17H,6-7,13H2,1-2H3,(H,27,33). The largest absolute Gasteiger partial charge is 0.346 e. The number of fused-ring (bicyclic) bond motifs is 2. The molecule has 1 N–H and O–H groups in total. The normalized spacial score (nSPS) is 13.6. The summed E-state index contributed by atoms with van der Waals surface area (Å²) in [6.45, 7) is 4.28. The fourth-order valence-electron chi connectivity index (χ4n) is 4.20. The molecule has 5 aromatic rings. The molecule has 5 heterocycles. The molecule has 0 aromatic carbocycles. The van der Waals surface area contributed by atoms with Gasteiger partial charge < -0.3 is 9.72 Å². The van der Waals surface area contributed by atoms with E-state index in [-0.39, 0.29) is 5.91 Å². The number of rotatable bonds is 5. The average Bonchev–Trinajstić information content (AvgIpc) is 3.52. The Morgan fingerprint density at radius 3 is 2.82 bits per heavy atom. The van der Waals surface area contributed by atoms with Crippen LogP contribution in [0.25, 0.3) is 22.5 Å². The van der Waals surface area contributed by atoms with Crippen molar-refractivity contribution in [3.63, 3.8) is 0 Å². The molecule has 0 bridgehead atoms. The van der Waals surface area contributed by atoms with Gasteiger partial charge in [0.15, 0.2) is 11.5 Å². The first kappa shape index (κ1) is 19.6. The number of aryl methyl sites for hydroxylation is 2. The second-order valence-electron chi connectivity index (χ2n) is 8.64. The molecule has 6 rings (SSSR count). The molecule has 1 aliphatic rings. The molecule has 1 aliphatic carbocycles. The number of pyridine rings is 3. The molecule has 8 nitrogen and oxygen atoms in total. The minimum Gasteiger partial charge on any atom is -0.346 e. The first-order valence-electron chi connectivity index (χ1n) is 11.1. The highest BCUT2D eigenvalue weighted by Crippen LogP contribution is 2.40. The molecule has 33 heavy (non-hydrogen) atoms. The molecule has 1 saturated carbocycles. The van der Waals surface area contributed by atoms with Gasteiger partial charge in [0.1, 0.15) is 5.65 Å². The van der Waals surface area contributed by atoms with Crippen molar-refractivity contribution in [2.45, 2.75) is 39.2 Å².